The zero-order chi connectivity index (χ0) is 13.8. The first-order valence-corrected chi connectivity index (χ1v) is 6.91. The van der Waals surface area contributed by atoms with Gasteiger partial charge in [-0.3, -0.25) is 4.98 Å². The van der Waals surface area contributed by atoms with E-state index in [0.29, 0.717) is 0 Å². The molecule has 19 heavy (non-hydrogen) atoms. The standard InChI is InChI=1S/C15H15BrFNO/c1-10-4-3-7-18-14(10)9-12(16)11-5-6-15(19-2)13(17)8-11/h3-8,12H,9H2,1-2H3. The minimum atomic E-state index is -0.345. The Labute approximate surface area is 120 Å². The number of methoxy groups -OCH3 is 1. The predicted molar refractivity (Wildman–Crippen MR) is 77.3 cm³/mol. The van der Waals surface area contributed by atoms with Gasteiger partial charge in [-0.15, -0.1) is 0 Å². The third-order valence-corrected chi connectivity index (χ3v) is 3.88. The summed E-state index contributed by atoms with van der Waals surface area (Å²) in [7, 11) is 1.46. The largest absolute Gasteiger partial charge is 0.494 e. The summed E-state index contributed by atoms with van der Waals surface area (Å²) in [6, 6.07) is 8.94. The number of hydrogen-bond acceptors (Lipinski definition) is 2. The van der Waals surface area contributed by atoms with E-state index in [0.717, 1.165) is 23.2 Å². The van der Waals surface area contributed by atoms with Crippen LogP contribution in [0.25, 0.3) is 0 Å². The molecule has 2 rings (SSSR count). The van der Waals surface area contributed by atoms with E-state index in [4.69, 9.17) is 4.74 Å². The summed E-state index contributed by atoms with van der Waals surface area (Å²) in [5.41, 5.74) is 3.03. The van der Waals surface area contributed by atoms with E-state index >= 15 is 0 Å². The fourth-order valence-corrected chi connectivity index (χ4v) is 2.49. The molecule has 1 atom stereocenters. The fourth-order valence-electron chi connectivity index (χ4n) is 1.90. The quantitative estimate of drug-likeness (QED) is 0.786. The lowest BCUT2D eigenvalue weighted by Gasteiger charge is -2.12. The second-order valence-electron chi connectivity index (χ2n) is 4.33. The molecule has 0 spiro atoms. The molecule has 0 saturated heterocycles. The lowest BCUT2D eigenvalue weighted by atomic mass is 10.0. The second-order valence-corrected chi connectivity index (χ2v) is 5.44. The molecule has 1 aromatic heterocycles. The number of pyridine rings is 1. The minimum Gasteiger partial charge on any atom is -0.494 e. The Kier molecular flexibility index (Phi) is 4.53. The minimum absolute atomic E-state index is 0.0292. The molecule has 1 unspecified atom stereocenters. The third kappa shape index (κ3) is 3.32. The van der Waals surface area contributed by atoms with Gasteiger partial charge in [0, 0.05) is 23.1 Å². The van der Waals surface area contributed by atoms with Crippen LogP contribution >= 0.6 is 15.9 Å². The lowest BCUT2D eigenvalue weighted by Crippen LogP contribution is -2.01. The molecule has 1 aromatic carbocycles. The van der Waals surface area contributed by atoms with Crippen molar-refractivity contribution in [1.29, 1.82) is 0 Å². The smallest absolute Gasteiger partial charge is 0.165 e. The van der Waals surface area contributed by atoms with Crippen molar-refractivity contribution in [3.05, 3.63) is 59.2 Å². The summed E-state index contributed by atoms with van der Waals surface area (Å²) < 4.78 is 18.6. The number of nitrogens with zero attached hydrogens (tertiary/aromatic N) is 1. The van der Waals surface area contributed by atoms with Crippen LogP contribution in [0.1, 0.15) is 21.6 Å². The van der Waals surface area contributed by atoms with Gasteiger partial charge in [0.05, 0.1) is 7.11 Å². The van der Waals surface area contributed by atoms with Crippen molar-refractivity contribution >= 4 is 15.9 Å². The van der Waals surface area contributed by atoms with E-state index in [2.05, 4.69) is 20.9 Å². The van der Waals surface area contributed by atoms with Crippen molar-refractivity contribution in [2.75, 3.05) is 7.11 Å². The number of aryl methyl sites for hydroxylation is 1. The highest BCUT2D eigenvalue weighted by Crippen LogP contribution is 2.30. The SMILES string of the molecule is COc1ccc(C(Br)Cc2ncccc2C)cc1F. The fraction of sp³-hybridized carbons (Fsp3) is 0.267. The van der Waals surface area contributed by atoms with E-state index in [9.17, 15) is 4.39 Å². The highest BCUT2D eigenvalue weighted by atomic mass is 79.9. The van der Waals surface area contributed by atoms with E-state index in [1.807, 2.05) is 25.1 Å². The second kappa shape index (κ2) is 6.15. The molecule has 100 valence electrons. The Balaban J connectivity index is 2.18. The third-order valence-electron chi connectivity index (χ3n) is 3.03. The van der Waals surface area contributed by atoms with Crippen molar-refractivity contribution in [2.24, 2.45) is 0 Å². The zero-order valence-electron chi connectivity index (χ0n) is 10.9. The number of alkyl halides is 1. The van der Waals surface area contributed by atoms with Gasteiger partial charge >= 0.3 is 0 Å². The lowest BCUT2D eigenvalue weighted by molar-refractivity contribution is 0.386. The van der Waals surface area contributed by atoms with E-state index < -0.39 is 0 Å². The van der Waals surface area contributed by atoms with Crippen LogP contribution in [0.15, 0.2) is 36.5 Å². The van der Waals surface area contributed by atoms with Crippen LogP contribution in [-0.4, -0.2) is 12.1 Å². The average Bonchev–Trinajstić information content (AvgIpc) is 2.41. The van der Waals surface area contributed by atoms with Crippen LogP contribution in [0, 0.1) is 12.7 Å². The number of hydrogen-bond donors (Lipinski definition) is 0. The van der Waals surface area contributed by atoms with Crippen molar-refractivity contribution in [3.63, 3.8) is 0 Å². The Morgan fingerprint density at radius 1 is 1.37 bits per heavy atom. The Morgan fingerprint density at radius 2 is 2.16 bits per heavy atom. The number of aromatic nitrogens is 1. The van der Waals surface area contributed by atoms with Crippen LogP contribution in [-0.2, 0) is 6.42 Å². The van der Waals surface area contributed by atoms with Gasteiger partial charge in [-0.1, -0.05) is 28.1 Å². The maximum absolute atomic E-state index is 13.7. The van der Waals surface area contributed by atoms with Crippen molar-refractivity contribution in [2.45, 2.75) is 18.2 Å². The van der Waals surface area contributed by atoms with Gasteiger partial charge in [0.1, 0.15) is 0 Å². The molecular weight excluding hydrogens is 309 g/mol. The monoisotopic (exact) mass is 323 g/mol. The summed E-state index contributed by atoms with van der Waals surface area (Å²) >= 11 is 3.59. The molecule has 4 heteroatoms. The molecule has 0 aliphatic carbocycles. The molecule has 0 N–H and O–H groups in total. The van der Waals surface area contributed by atoms with Crippen LogP contribution in [0.4, 0.5) is 4.39 Å². The zero-order valence-corrected chi connectivity index (χ0v) is 12.4. The normalized spacial score (nSPS) is 12.2. The maximum atomic E-state index is 13.7. The average molecular weight is 324 g/mol. The number of halogens is 2. The van der Waals surface area contributed by atoms with Gasteiger partial charge in [-0.25, -0.2) is 4.39 Å². The van der Waals surface area contributed by atoms with E-state index in [1.54, 1.807) is 12.3 Å². The molecule has 0 amide bonds. The van der Waals surface area contributed by atoms with Gasteiger partial charge < -0.3 is 4.74 Å². The highest BCUT2D eigenvalue weighted by Gasteiger charge is 2.13. The summed E-state index contributed by atoms with van der Waals surface area (Å²) in [4.78, 5) is 4.38. The van der Waals surface area contributed by atoms with Crippen LogP contribution in [0.5, 0.6) is 5.75 Å². The maximum Gasteiger partial charge on any atom is 0.165 e. The first-order chi connectivity index (χ1) is 9.11. The Morgan fingerprint density at radius 3 is 2.79 bits per heavy atom. The Hall–Kier alpha value is -1.42. The molecule has 0 bridgehead atoms. The Bertz CT molecular complexity index is 574. The summed E-state index contributed by atoms with van der Waals surface area (Å²) in [5, 5.41) is 0. The summed E-state index contributed by atoms with van der Waals surface area (Å²) in [5.74, 6) is -0.0836. The molecule has 2 aromatic rings. The van der Waals surface area contributed by atoms with Crippen LogP contribution in [0.2, 0.25) is 0 Å². The van der Waals surface area contributed by atoms with E-state index in [-0.39, 0.29) is 16.4 Å². The van der Waals surface area contributed by atoms with Crippen LogP contribution < -0.4 is 4.74 Å². The predicted octanol–water partition coefficient (Wildman–Crippen LogP) is 4.22. The molecule has 0 radical (unpaired) electrons. The number of rotatable bonds is 4. The van der Waals surface area contributed by atoms with Crippen molar-refractivity contribution in [3.8, 4) is 5.75 Å². The van der Waals surface area contributed by atoms with Gasteiger partial charge in [0.15, 0.2) is 11.6 Å². The van der Waals surface area contributed by atoms with E-state index in [1.165, 1.54) is 13.2 Å². The molecule has 0 aliphatic heterocycles. The van der Waals surface area contributed by atoms with Gasteiger partial charge in [-0.05, 0) is 36.2 Å². The molecule has 0 saturated carbocycles. The molecule has 2 nitrogen and oxygen atoms in total. The summed E-state index contributed by atoms with van der Waals surface area (Å²) in [6.45, 7) is 2.02. The van der Waals surface area contributed by atoms with Gasteiger partial charge in [0.25, 0.3) is 0 Å². The summed E-state index contributed by atoms with van der Waals surface area (Å²) in [6.07, 6.45) is 2.50. The molecule has 1 heterocycles. The topological polar surface area (TPSA) is 22.1 Å². The van der Waals surface area contributed by atoms with Crippen LogP contribution in [0.3, 0.4) is 0 Å². The van der Waals surface area contributed by atoms with Crippen molar-refractivity contribution < 1.29 is 9.13 Å². The number of ether oxygens (including phenoxy) is 1. The molecule has 0 aliphatic rings. The van der Waals surface area contributed by atoms with Gasteiger partial charge in [0.2, 0.25) is 0 Å². The first kappa shape index (κ1) is 14.0. The van der Waals surface area contributed by atoms with Crippen molar-refractivity contribution in [1.82, 2.24) is 4.98 Å². The molecular formula is C15H15BrFNO. The number of benzene rings is 1. The van der Waals surface area contributed by atoms with Gasteiger partial charge in [-0.2, -0.15) is 0 Å². The first-order valence-electron chi connectivity index (χ1n) is 6.00. The molecule has 0 fully saturated rings. The highest BCUT2D eigenvalue weighted by molar-refractivity contribution is 9.09.